The molecule has 0 aliphatic heterocycles. The fourth-order valence-corrected chi connectivity index (χ4v) is 1.15. The lowest BCUT2D eigenvalue weighted by molar-refractivity contribution is 0.0972. The highest BCUT2D eigenvalue weighted by Crippen LogP contribution is 2.08. The Kier molecular flexibility index (Phi) is 2.06. The molecule has 2 heterocycles. The van der Waals surface area contributed by atoms with Crippen LogP contribution in [0.1, 0.15) is 16.3 Å². The maximum absolute atomic E-state index is 10.7. The number of amides is 1. The van der Waals surface area contributed by atoms with Crippen molar-refractivity contribution in [2.75, 3.05) is 0 Å². The number of primary amides is 1. The number of nitrogens with two attached hydrogens (primary N) is 1. The van der Waals surface area contributed by atoms with E-state index in [4.69, 9.17) is 10.2 Å². The van der Waals surface area contributed by atoms with Gasteiger partial charge in [0, 0.05) is 12.4 Å². The van der Waals surface area contributed by atoms with Gasteiger partial charge in [0.15, 0.2) is 5.76 Å². The maximum Gasteiger partial charge on any atom is 0.284 e. The molecule has 0 aliphatic carbocycles. The Morgan fingerprint density at radius 2 is 2.43 bits per heavy atom. The van der Waals surface area contributed by atoms with Gasteiger partial charge in [-0.1, -0.05) is 0 Å². The quantitative estimate of drug-likeness (QED) is 0.772. The summed E-state index contributed by atoms with van der Waals surface area (Å²) in [6.07, 6.45) is 3.49. The Bertz CT molecular complexity index is 431. The molecule has 2 aromatic rings. The molecule has 0 saturated carbocycles. The van der Waals surface area contributed by atoms with Crippen LogP contribution in [0.25, 0.3) is 0 Å². The first-order chi connectivity index (χ1) is 6.75. The van der Waals surface area contributed by atoms with E-state index in [1.54, 1.807) is 23.0 Å². The Morgan fingerprint density at radius 3 is 3.00 bits per heavy atom. The molecule has 72 valence electrons. The highest BCUT2D eigenvalue weighted by Gasteiger charge is 2.06. The predicted molar refractivity (Wildman–Crippen MR) is 48.6 cm³/mol. The number of rotatable bonds is 3. The van der Waals surface area contributed by atoms with Crippen molar-refractivity contribution in [3.63, 3.8) is 0 Å². The van der Waals surface area contributed by atoms with Crippen molar-refractivity contribution in [2.24, 2.45) is 5.73 Å². The summed E-state index contributed by atoms with van der Waals surface area (Å²) < 4.78 is 6.88. The molecule has 0 radical (unpaired) electrons. The fraction of sp³-hybridized carbons (Fsp3) is 0.111. The van der Waals surface area contributed by atoms with Crippen molar-refractivity contribution in [2.45, 2.75) is 6.54 Å². The maximum atomic E-state index is 10.7. The monoisotopic (exact) mass is 191 g/mol. The molecule has 2 N–H and O–H groups in total. The molecule has 2 rings (SSSR count). The van der Waals surface area contributed by atoms with E-state index in [2.05, 4.69) is 5.10 Å². The van der Waals surface area contributed by atoms with Gasteiger partial charge < -0.3 is 10.2 Å². The molecule has 0 bridgehead atoms. The van der Waals surface area contributed by atoms with Crippen LogP contribution >= 0.6 is 0 Å². The van der Waals surface area contributed by atoms with Gasteiger partial charge in [0.25, 0.3) is 5.91 Å². The van der Waals surface area contributed by atoms with E-state index in [0.717, 1.165) is 0 Å². The minimum Gasteiger partial charge on any atom is -0.454 e. The van der Waals surface area contributed by atoms with Gasteiger partial charge in [0.05, 0.1) is 6.54 Å². The summed E-state index contributed by atoms with van der Waals surface area (Å²) >= 11 is 0. The molecule has 0 spiro atoms. The number of nitrogens with zero attached hydrogens (tertiary/aromatic N) is 2. The molecule has 0 aliphatic rings. The zero-order valence-corrected chi connectivity index (χ0v) is 7.38. The SMILES string of the molecule is NC(=O)c1ccc(Cn2cccn2)o1. The van der Waals surface area contributed by atoms with Gasteiger partial charge in [-0.15, -0.1) is 0 Å². The fourth-order valence-electron chi connectivity index (χ4n) is 1.15. The first-order valence-corrected chi connectivity index (χ1v) is 4.11. The molecule has 1 amide bonds. The summed E-state index contributed by atoms with van der Waals surface area (Å²) in [6, 6.07) is 5.08. The van der Waals surface area contributed by atoms with Crippen LogP contribution in [0.5, 0.6) is 0 Å². The largest absolute Gasteiger partial charge is 0.454 e. The van der Waals surface area contributed by atoms with Crippen LogP contribution in [-0.4, -0.2) is 15.7 Å². The second kappa shape index (κ2) is 3.37. The van der Waals surface area contributed by atoms with Gasteiger partial charge in [-0.25, -0.2) is 0 Å². The highest BCUT2D eigenvalue weighted by molar-refractivity contribution is 5.89. The zero-order valence-electron chi connectivity index (χ0n) is 7.38. The van der Waals surface area contributed by atoms with Crippen LogP contribution in [0.2, 0.25) is 0 Å². The third-order valence-electron chi connectivity index (χ3n) is 1.78. The lowest BCUT2D eigenvalue weighted by atomic mass is 10.4. The summed E-state index contributed by atoms with van der Waals surface area (Å²) in [6.45, 7) is 0.500. The minimum absolute atomic E-state index is 0.173. The first-order valence-electron chi connectivity index (χ1n) is 4.11. The topological polar surface area (TPSA) is 74.1 Å². The Labute approximate surface area is 80.1 Å². The number of carbonyl (C=O) groups excluding carboxylic acids is 1. The molecular weight excluding hydrogens is 182 g/mol. The standard InChI is InChI=1S/C9H9N3O2/c10-9(13)8-3-2-7(14-8)6-12-5-1-4-11-12/h1-5H,6H2,(H2,10,13). The summed E-state index contributed by atoms with van der Waals surface area (Å²) in [5, 5.41) is 4.01. The van der Waals surface area contributed by atoms with Crippen molar-refractivity contribution in [1.82, 2.24) is 9.78 Å². The van der Waals surface area contributed by atoms with E-state index < -0.39 is 5.91 Å². The van der Waals surface area contributed by atoms with E-state index in [-0.39, 0.29) is 5.76 Å². The van der Waals surface area contributed by atoms with Gasteiger partial charge in [-0.3, -0.25) is 9.48 Å². The molecule has 5 heteroatoms. The van der Waals surface area contributed by atoms with E-state index in [0.29, 0.717) is 12.3 Å². The average molecular weight is 191 g/mol. The normalized spacial score (nSPS) is 10.3. The van der Waals surface area contributed by atoms with Gasteiger partial charge >= 0.3 is 0 Å². The Balaban J connectivity index is 2.14. The molecule has 0 unspecified atom stereocenters. The van der Waals surface area contributed by atoms with Crippen LogP contribution in [0.3, 0.4) is 0 Å². The summed E-state index contributed by atoms with van der Waals surface area (Å²) in [4.78, 5) is 10.7. The van der Waals surface area contributed by atoms with Crippen molar-refractivity contribution >= 4 is 5.91 Å². The van der Waals surface area contributed by atoms with Gasteiger partial charge in [-0.2, -0.15) is 5.10 Å². The number of hydrogen-bond acceptors (Lipinski definition) is 3. The third-order valence-corrected chi connectivity index (χ3v) is 1.78. The van der Waals surface area contributed by atoms with E-state index in [1.165, 1.54) is 0 Å². The number of aromatic nitrogens is 2. The van der Waals surface area contributed by atoms with E-state index in [9.17, 15) is 4.79 Å². The lowest BCUT2D eigenvalue weighted by Crippen LogP contribution is -2.09. The molecule has 14 heavy (non-hydrogen) atoms. The van der Waals surface area contributed by atoms with Gasteiger partial charge in [0.1, 0.15) is 5.76 Å². The average Bonchev–Trinajstić information content (AvgIpc) is 2.75. The summed E-state index contributed by atoms with van der Waals surface area (Å²) in [7, 11) is 0. The first kappa shape index (κ1) is 8.55. The molecule has 0 aromatic carbocycles. The Hall–Kier alpha value is -2.04. The van der Waals surface area contributed by atoms with Crippen LogP contribution in [0.4, 0.5) is 0 Å². The van der Waals surface area contributed by atoms with Crippen LogP contribution in [-0.2, 0) is 6.54 Å². The molecule has 5 nitrogen and oxygen atoms in total. The van der Waals surface area contributed by atoms with E-state index >= 15 is 0 Å². The second-order valence-electron chi connectivity index (χ2n) is 2.83. The second-order valence-corrected chi connectivity index (χ2v) is 2.83. The van der Waals surface area contributed by atoms with Crippen LogP contribution in [0.15, 0.2) is 35.0 Å². The molecule has 2 aromatic heterocycles. The lowest BCUT2D eigenvalue weighted by Gasteiger charge is -1.96. The predicted octanol–water partition coefficient (Wildman–Crippen LogP) is 0.623. The zero-order chi connectivity index (χ0) is 9.97. The van der Waals surface area contributed by atoms with Crippen molar-refractivity contribution in [3.8, 4) is 0 Å². The smallest absolute Gasteiger partial charge is 0.284 e. The Morgan fingerprint density at radius 1 is 1.57 bits per heavy atom. The third kappa shape index (κ3) is 1.66. The van der Waals surface area contributed by atoms with Crippen LogP contribution < -0.4 is 5.73 Å². The van der Waals surface area contributed by atoms with Crippen molar-refractivity contribution in [3.05, 3.63) is 42.1 Å². The molecule has 0 fully saturated rings. The van der Waals surface area contributed by atoms with Crippen LogP contribution in [0, 0.1) is 0 Å². The molecule has 0 saturated heterocycles. The number of hydrogen-bond donors (Lipinski definition) is 1. The minimum atomic E-state index is -0.559. The van der Waals surface area contributed by atoms with Gasteiger partial charge in [-0.05, 0) is 18.2 Å². The molecule has 0 atom stereocenters. The van der Waals surface area contributed by atoms with Crippen molar-refractivity contribution in [1.29, 1.82) is 0 Å². The van der Waals surface area contributed by atoms with E-state index in [1.807, 2.05) is 12.3 Å². The summed E-state index contributed by atoms with van der Waals surface area (Å²) in [5.74, 6) is 0.270. The summed E-state index contributed by atoms with van der Waals surface area (Å²) in [5.41, 5.74) is 5.05. The molecular formula is C9H9N3O2. The van der Waals surface area contributed by atoms with Crippen molar-refractivity contribution < 1.29 is 9.21 Å². The number of furan rings is 1. The van der Waals surface area contributed by atoms with Gasteiger partial charge in [0.2, 0.25) is 0 Å². The highest BCUT2D eigenvalue weighted by atomic mass is 16.4. The number of carbonyl (C=O) groups is 1.